The Bertz CT molecular complexity index is 402. The maximum Gasteiger partial charge on any atom is 0.239 e. The molecule has 0 spiro atoms. The molecule has 0 fully saturated rings. The van der Waals surface area contributed by atoms with Crippen LogP contribution in [0.5, 0.6) is 0 Å². The molecule has 4 N–H and O–H groups in total. The molecule has 0 aliphatic heterocycles. The van der Waals surface area contributed by atoms with Crippen molar-refractivity contribution in [2.24, 2.45) is 11.7 Å². The van der Waals surface area contributed by atoms with Crippen LogP contribution in [0.2, 0.25) is 0 Å². The second kappa shape index (κ2) is 7.52. The number of rotatable bonds is 7. The summed E-state index contributed by atoms with van der Waals surface area (Å²) in [6.07, 6.45) is 3.49. The normalized spacial score (nSPS) is 12.2. The fourth-order valence-corrected chi connectivity index (χ4v) is 1.39. The fraction of sp³-hybridized carbons (Fsp3) is 0.583. The standard InChI is InChI=1S/C12H21N5O2/c1-9(2)11(13)12(19)15-8-10(18)14-5-7-17-6-3-4-16-17/h3-4,6,9,11H,5,7-8,13H2,1-2H3,(H,14,18)(H,15,19)/t11-/m0/s1. The van der Waals surface area contributed by atoms with Gasteiger partial charge < -0.3 is 16.4 Å². The Kier molecular flexibility index (Phi) is 6.01. The van der Waals surface area contributed by atoms with Gasteiger partial charge in [-0.25, -0.2) is 0 Å². The number of carbonyl (C=O) groups excluding carboxylic acids is 2. The number of nitrogens with two attached hydrogens (primary N) is 1. The first-order chi connectivity index (χ1) is 9.00. The van der Waals surface area contributed by atoms with Crippen molar-refractivity contribution in [2.45, 2.75) is 26.4 Å². The maximum absolute atomic E-state index is 11.5. The average Bonchev–Trinajstić information content (AvgIpc) is 2.88. The highest BCUT2D eigenvalue weighted by atomic mass is 16.2. The predicted octanol–water partition coefficient (Wildman–Crippen LogP) is -0.901. The Morgan fingerprint density at radius 1 is 1.37 bits per heavy atom. The zero-order chi connectivity index (χ0) is 14.3. The number of hydrogen-bond donors (Lipinski definition) is 3. The maximum atomic E-state index is 11.5. The molecule has 1 atom stereocenters. The Morgan fingerprint density at radius 3 is 2.68 bits per heavy atom. The molecule has 1 aromatic rings. The van der Waals surface area contributed by atoms with Gasteiger partial charge >= 0.3 is 0 Å². The number of aromatic nitrogens is 2. The van der Waals surface area contributed by atoms with Crippen LogP contribution in [0.4, 0.5) is 0 Å². The summed E-state index contributed by atoms with van der Waals surface area (Å²) in [6.45, 7) is 4.71. The first-order valence-corrected chi connectivity index (χ1v) is 6.28. The molecule has 0 aromatic carbocycles. The molecular weight excluding hydrogens is 246 g/mol. The summed E-state index contributed by atoms with van der Waals surface area (Å²) in [5.41, 5.74) is 5.66. The topological polar surface area (TPSA) is 102 Å². The van der Waals surface area contributed by atoms with Crippen LogP contribution in [-0.2, 0) is 16.1 Å². The highest BCUT2D eigenvalue weighted by Gasteiger charge is 2.17. The van der Waals surface area contributed by atoms with Crippen molar-refractivity contribution in [3.63, 3.8) is 0 Å². The van der Waals surface area contributed by atoms with E-state index in [9.17, 15) is 9.59 Å². The van der Waals surface area contributed by atoms with Crippen molar-refractivity contribution in [3.8, 4) is 0 Å². The van der Waals surface area contributed by atoms with Gasteiger partial charge in [-0.15, -0.1) is 0 Å². The molecule has 19 heavy (non-hydrogen) atoms. The molecule has 7 heteroatoms. The Labute approximate surface area is 112 Å². The summed E-state index contributed by atoms with van der Waals surface area (Å²) in [5, 5.41) is 9.21. The van der Waals surface area contributed by atoms with Crippen LogP contribution in [0.25, 0.3) is 0 Å². The third kappa shape index (κ3) is 5.52. The van der Waals surface area contributed by atoms with Crippen molar-refractivity contribution in [1.82, 2.24) is 20.4 Å². The lowest BCUT2D eigenvalue weighted by molar-refractivity contribution is -0.127. The van der Waals surface area contributed by atoms with Gasteiger partial charge in [-0.3, -0.25) is 14.3 Å². The lowest BCUT2D eigenvalue weighted by atomic mass is 10.1. The highest BCUT2D eigenvalue weighted by Crippen LogP contribution is 1.97. The molecule has 0 aliphatic carbocycles. The van der Waals surface area contributed by atoms with Crippen molar-refractivity contribution in [3.05, 3.63) is 18.5 Å². The molecule has 1 heterocycles. The molecular formula is C12H21N5O2. The van der Waals surface area contributed by atoms with E-state index in [1.54, 1.807) is 10.9 Å². The van der Waals surface area contributed by atoms with E-state index in [0.29, 0.717) is 13.1 Å². The molecule has 7 nitrogen and oxygen atoms in total. The van der Waals surface area contributed by atoms with Gasteiger partial charge in [0.2, 0.25) is 11.8 Å². The lowest BCUT2D eigenvalue weighted by Crippen LogP contribution is -2.47. The smallest absolute Gasteiger partial charge is 0.239 e. The van der Waals surface area contributed by atoms with Gasteiger partial charge in [0.05, 0.1) is 19.1 Å². The van der Waals surface area contributed by atoms with Crippen LogP contribution < -0.4 is 16.4 Å². The number of hydrogen-bond acceptors (Lipinski definition) is 4. The number of nitrogens with one attached hydrogen (secondary N) is 2. The molecule has 2 amide bonds. The summed E-state index contributed by atoms with van der Waals surface area (Å²) in [4.78, 5) is 23.0. The van der Waals surface area contributed by atoms with E-state index >= 15 is 0 Å². The second-order valence-electron chi connectivity index (χ2n) is 4.61. The fourth-order valence-electron chi connectivity index (χ4n) is 1.39. The summed E-state index contributed by atoms with van der Waals surface area (Å²) >= 11 is 0. The van der Waals surface area contributed by atoms with Crippen LogP contribution in [0.3, 0.4) is 0 Å². The van der Waals surface area contributed by atoms with Crippen molar-refractivity contribution >= 4 is 11.8 Å². The van der Waals surface area contributed by atoms with Crippen molar-refractivity contribution in [2.75, 3.05) is 13.1 Å². The minimum Gasteiger partial charge on any atom is -0.353 e. The average molecular weight is 267 g/mol. The van der Waals surface area contributed by atoms with Crippen LogP contribution >= 0.6 is 0 Å². The second-order valence-corrected chi connectivity index (χ2v) is 4.61. The minimum absolute atomic E-state index is 0.0443. The van der Waals surface area contributed by atoms with Gasteiger partial charge in [-0.2, -0.15) is 5.10 Å². The number of amides is 2. The summed E-state index contributed by atoms with van der Waals surface area (Å²) in [7, 11) is 0. The van der Waals surface area contributed by atoms with Crippen LogP contribution in [0, 0.1) is 5.92 Å². The third-order valence-corrected chi connectivity index (χ3v) is 2.67. The van der Waals surface area contributed by atoms with E-state index in [1.807, 2.05) is 26.1 Å². The minimum atomic E-state index is -0.586. The molecule has 0 bridgehead atoms. The first-order valence-electron chi connectivity index (χ1n) is 6.28. The van der Waals surface area contributed by atoms with Crippen molar-refractivity contribution in [1.29, 1.82) is 0 Å². The number of nitrogens with zero attached hydrogens (tertiary/aromatic N) is 2. The summed E-state index contributed by atoms with van der Waals surface area (Å²) in [5.74, 6) is -0.503. The van der Waals surface area contributed by atoms with Gasteiger partial charge in [0.1, 0.15) is 0 Å². The van der Waals surface area contributed by atoms with Gasteiger partial charge in [-0.05, 0) is 12.0 Å². The van der Waals surface area contributed by atoms with E-state index in [4.69, 9.17) is 5.73 Å². The van der Waals surface area contributed by atoms with Gasteiger partial charge in [0.15, 0.2) is 0 Å². The Morgan fingerprint density at radius 2 is 2.11 bits per heavy atom. The van der Waals surface area contributed by atoms with Gasteiger partial charge in [0.25, 0.3) is 0 Å². The largest absolute Gasteiger partial charge is 0.353 e. The van der Waals surface area contributed by atoms with Gasteiger partial charge in [0, 0.05) is 18.9 Å². The van der Waals surface area contributed by atoms with E-state index in [2.05, 4.69) is 15.7 Å². The molecule has 106 valence electrons. The molecule has 0 unspecified atom stereocenters. The van der Waals surface area contributed by atoms with Crippen molar-refractivity contribution < 1.29 is 9.59 Å². The van der Waals surface area contributed by atoms with E-state index < -0.39 is 6.04 Å². The predicted molar refractivity (Wildman–Crippen MR) is 71.1 cm³/mol. The van der Waals surface area contributed by atoms with E-state index in [0.717, 1.165) is 0 Å². The SMILES string of the molecule is CC(C)[C@H](N)C(=O)NCC(=O)NCCn1cccn1. The van der Waals surface area contributed by atoms with Crippen LogP contribution in [-0.4, -0.2) is 40.7 Å². The molecule has 1 aromatic heterocycles. The summed E-state index contributed by atoms with van der Waals surface area (Å²) < 4.78 is 1.72. The van der Waals surface area contributed by atoms with E-state index in [-0.39, 0.29) is 24.3 Å². The monoisotopic (exact) mass is 267 g/mol. The Balaban J connectivity index is 2.16. The molecule has 0 radical (unpaired) electrons. The third-order valence-electron chi connectivity index (χ3n) is 2.67. The molecule has 0 aliphatic rings. The quantitative estimate of drug-likeness (QED) is 0.595. The van der Waals surface area contributed by atoms with E-state index in [1.165, 1.54) is 0 Å². The lowest BCUT2D eigenvalue weighted by Gasteiger charge is -2.15. The zero-order valence-corrected chi connectivity index (χ0v) is 11.3. The zero-order valence-electron chi connectivity index (χ0n) is 11.3. The van der Waals surface area contributed by atoms with Crippen LogP contribution in [0.1, 0.15) is 13.8 Å². The first kappa shape index (κ1) is 15.2. The highest BCUT2D eigenvalue weighted by molar-refractivity contribution is 5.87. The van der Waals surface area contributed by atoms with Crippen LogP contribution in [0.15, 0.2) is 18.5 Å². The molecule has 0 saturated heterocycles. The number of carbonyl (C=O) groups is 2. The molecule has 1 rings (SSSR count). The summed E-state index contributed by atoms with van der Waals surface area (Å²) in [6, 6.07) is 1.23. The molecule has 0 saturated carbocycles. The van der Waals surface area contributed by atoms with Gasteiger partial charge in [-0.1, -0.05) is 13.8 Å². The Hall–Kier alpha value is -1.89.